The number of aliphatic imine (C=N–C) groups is 1. The van der Waals surface area contributed by atoms with E-state index in [-0.39, 0.29) is 11.8 Å². The number of amides is 1. The molecule has 0 fully saturated rings. The van der Waals surface area contributed by atoms with Gasteiger partial charge in [-0.1, -0.05) is 25.1 Å². The quantitative estimate of drug-likeness (QED) is 0.539. The second kappa shape index (κ2) is 8.80. The Hall–Kier alpha value is -2.41. The van der Waals surface area contributed by atoms with E-state index in [2.05, 4.69) is 38.9 Å². The SMILES string of the molecule is CCNC(=NCc1ncc(CC)s1)NCC1CC(=O)Nc2ccccc21. The van der Waals surface area contributed by atoms with E-state index >= 15 is 0 Å². The van der Waals surface area contributed by atoms with Crippen LogP contribution in [-0.4, -0.2) is 29.9 Å². The Morgan fingerprint density at radius 3 is 2.96 bits per heavy atom. The highest BCUT2D eigenvalue weighted by molar-refractivity contribution is 7.11. The molecule has 1 aliphatic heterocycles. The van der Waals surface area contributed by atoms with Crippen LogP contribution in [0.15, 0.2) is 35.5 Å². The van der Waals surface area contributed by atoms with Crippen molar-refractivity contribution < 1.29 is 4.79 Å². The molecule has 138 valence electrons. The molecular formula is C19H25N5OS. The molecule has 1 aliphatic rings. The van der Waals surface area contributed by atoms with Crippen molar-refractivity contribution in [1.29, 1.82) is 0 Å². The van der Waals surface area contributed by atoms with Gasteiger partial charge in [0.1, 0.15) is 5.01 Å². The molecule has 2 heterocycles. The number of para-hydroxylation sites is 1. The van der Waals surface area contributed by atoms with Gasteiger partial charge in [-0.05, 0) is 25.0 Å². The van der Waals surface area contributed by atoms with E-state index in [0.29, 0.717) is 19.5 Å². The van der Waals surface area contributed by atoms with E-state index in [9.17, 15) is 4.79 Å². The maximum absolute atomic E-state index is 12.0. The first-order valence-corrected chi connectivity index (χ1v) is 9.85. The van der Waals surface area contributed by atoms with Gasteiger partial charge in [0, 0.05) is 42.2 Å². The Labute approximate surface area is 158 Å². The van der Waals surface area contributed by atoms with Crippen molar-refractivity contribution in [1.82, 2.24) is 15.6 Å². The van der Waals surface area contributed by atoms with Crippen molar-refractivity contribution in [3.63, 3.8) is 0 Å². The normalized spacial score (nSPS) is 16.8. The monoisotopic (exact) mass is 371 g/mol. The van der Waals surface area contributed by atoms with Crippen molar-refractivity contribution in [3.05, 3.63) is 45.9 Å². The highest BCUT2D eigenvalue weighted by Crippen LogP contribution is 2.31. The molecule has 26 heavy (non-hydrogen) atoms. The van der Waals surface area contributed by atoms with Crippen LogP contribution in [0.4, 0.5) is 5.69 Å². The number of nitrogens with zero attached hydrogens (tertiary/aromatic N) is 2. The molecule has 3 rings (SSSR count). The zero-order valence-electron chi connectivity index (χ0n) is 15.2. The molecule has 1 amide bonds. The van der Waals surface area contributed by atoms with Gasteiger partial charge in [0.2, 0.25) is 5.91 Å². The van der Waals surface area contributed by atoms with Crippen LogP contribution < -0.4 is 16.0 Å². The zero-order chi connectivity index (χ0) is 18.4. The Balaban J connectivity index is 1.65. The summed E-state index contributed by atoms with van der Waals surface area (Å²) in [6.45, 7) is 6.17. The third kappa shape index (κ3) is 4.60. The number of hydrogen-bond acceptors (Lipinski definition) is 4. The molecule has 1 atom stereocenters. The fourth-order valence-corrected chi connectivity index (χ4v) is 3.76. The van der Waals surface area contributed by atoms with Crippen LogP contribution in [0.2, 0.25) is 0 Å². The largest absolute Gasteiger partial charge is 0.357 e. The molecule has 0 radical (unpaired) electrons. The number of carbonyl (C=O) groups excluding carboxylic acids is 1. The summed E-state index contributed by atoms with van der Waals surface area (Å²) in [4.78, 5) is 22.3. The lowest BCUT2D eigenvalue weighted by atomic mass is 9.90. The van der Waals surface area contributed by atoms with Gasteiger partial charge in [0.25, 0.3) is 0 Å². The Morgan fingerprint density at radius 1 is 1.35 bits per heavy atom. The lowest BCUT2D eigenvalue weighted by Crippen LogP contribution is -2.40. The van der Waals surface area contributed by atoms with Gasteiger partial charge in [-0.3, -0.25) is 4.79 Å². The number of aromatic nitrogens is 1. The minimum atomic E-state index is 0.0623. The number of thiazole rings is 1. The average molecular weight is 372 g/mol. The highest BCUT2D eigenvalue weighted by Gasteiger charge is 2.24. The van der Waals surface area contributed by atoms with Crippen LogP contribution in [0.1, 0.15) is 41.6 Å². The number of nitrogens with one attached hydrogen (secondary N) is 3. The highest BCUT2D eigenvalue weighted by atomic mass is 32.1. The van der Waals surface area contributed by atoms with Gasteiger partial charge >= 0.3 is 0 Å². The van der Waals surface area contributed by atoms with Crippen LogP contribution in [0, 0.1) is 0 Å². The summed E-state index contributed by atoms with van der Waals surface area (Å²) >= 11 is 1.70. The molecule has 6 nitrogen and oxygen atoms in total. The van der Waals surface area contributed by atoms with Crippen molar-refractivity contribution in [2.24, 2.45) is 4.99 Å². The van der Waals surface area contributed by atoms with Crippen LogP contribution in [-0.2, 0) is 17.8 Å². The van der Waals surface area contributed by atoms with E-state index in [0.717, 1.165) is 29.6 Å². The fourth-order valence-electron chi connectivity index (χ4n) is 2.98. The minimum Gasteiger partial charge on any atom is -0.357 e. The van der Waals surface area contributed by atoms with E-state index < -0.39 is 0 Å². The lowest BCUT2D eigenvalue weighted by Gasteiger charge is -2.26. The predicted octanol–water partition coefficient (Wildman–Crippen LogP) is 2.89. The second-order valence-corrected chi connectivity index (χ2v) is 7.39. The summed E-state index contributed by atoms with van der Waals surface area (Å²) in [7, 11) is 0. The van der Waals surface area contributed by atoms with Gasteiger partial charge in [0.15, 0.2) is 5.96 Å². The lowest BCUT2D eigenvalue weighted by molar-refractivity contribution is -0.116. The molecule has 0 spiro atoms. The van der Waals surface area contributed by atoms with Gasteiger partial charge in [-0.15, -0.1) is 11.3 Å². The number of hydrogen-bond donors (Lipinski definition) is 3. The molecule has 2 aromatic rings. The number of carbonyl (C=O) groups is 1. The van der Waals surface area contributed by atoms with Crippen LogP contribution in [0.3, 0.4) is 0 Å². The van der Waals surface area contributed by atoms with Crippen molar-refractivity contribution >= 4 is 28.9 Å². The number of aryl methyl sites for hydroxylation is 1. The van der Waals surface area contributed by atoms with E-state index in [4.69, 9.17) is 0 Å². The molecule has 3 N–H and O–H groups in total. The average Bonchev–Trinajstić information content (AvgIpc) is 3.11. The summed E-state index contributed by atoms with van der Waals surface area (Å²) in [6.07, 6.45) is 3.41. The number of anilines is 1. The van der Waals surface area contributed by atoms with E-state index in [1.54, 1.807) is 11.3 Å². The number of fused-ring (bicyclic) bond motifs is 1. The second-order valence-electron chi connectivity index (χ2n) is 6.19. The topological polar surface area (TPSA) is 78.4 Å². The summed E-state index contributed by atoms with van der Waals surface area (Å²) in [6, 6.07) is 7.98. The third-order valence-electron chi connectivity index (χ3n) is 4.29. The number of rotatable bonds is 6. The van der Waals surface area contributed by atoms with Gasteiger partial charge in [-0.25, -0.2) is 9.98 Å². The van der Waals surface area contributed by atoms with Crippen molar-refractivity contribution in [3.8, 4) is 0 Å². The molecule has 0 saturated carbocycles. The number of benzene rings is 1. The molecular weight excluding hydrogens is 346 g/mol. The molecule has 1 aromatic carbocycles. The van der Waals surface area contributed by atoms with Gasteiger partial charge < -0.3 is 16.0 Å². The van der Waals surface area contributed by atoms with Crippen LogP contribution in [0.25, 0.3) is 0 Å². The molecule has 0 saturated heterocycles. The summed E-state index contributed by atoms with van der Waals surface area (Å²) in [5.41, 5.74) is 2.08. The Morgan fingerprint density at radius 2 is 2.19 bits per heavy atom. The Bertz CT molecular complexity index is 786. The summed E-state index contributed by atoms with van der Waals surface area (Å²) < 4.78 is 0. The van der Waals surface area contributed by atoms with E-state index in [1.165, 1.54) is 10.4 Å². The fraction of sp³-hybridized carbons (Fsp3) is 0.421. The predicted molar refractivity (Wildman–Crippen MR) is 107 cm³/mol. The molecule has 1 aromatic heterocycles. The zero-order valence-corrected chi connectivity index (χ0v) is 16.0. The summed E-state index contributed by atoms with van der Waals surface area (Å²) in [5, 5.41) is 10.6. The van der Waals surface area contributed by atoms with Crippen molar-refractivity contribution in [2.45, 2.75) is 39.2 Å². The van der Waals surface area contributed by atoms with Crippen LogP contribution >= 0.6 is 11.3 Å². The third-order valence-corrected chi connectivity index (χ3v) is 5.42. The maximum atomic E-state index is 12.0. The smallest absolute Gasteiger partial charge is 0.225 e. The summed E-state index contributed by atoms with van der Waals surface area (Å²) in [5.74, 6) is 0.951. The van der Waals surface area contributed by atoms with Gasteiger partial charge in [0.05, 0.1) is 6.54 Å². The van der Waals surface area contributed by atoms with Gasteiger partial charge in [-0.2, -0.15) is 0 Å². The molecule has 0 bridgehead atoms. The maximum Gasteiger partial charge on any atom is 0.225 e. The van der Waals surface area contributed by atoms with Crippen LogP contribution in [0.5, 0.6) is 0 Å². The molecule has 0 aliphatic carbocycles. The first-order valence-electron chi connectivity index (χ1n) is 9.04. The first-order chi connectivity index (χ1) is 12.7. The van der Waals surface area contributed by atoms with E-state index in [1.807, 2.05) is 31.3 Å². The molecule has 7 heteroatoms. The number of guanidine groups is 1. The minimum absolute atomic E-state index is 0.0623. The standard InChI is InChI=1S/C19H25N5OS/c1-3-14-11-21-18(26-14)12-23-19(20-4-2)22-10-13-9-17(25)24-16-8-6-5-7-15(13)16/h5-8,11,13H,3-4,9-10,12H2,1-2H3,(H,24,25)(H2,20,22,23). The Kier molecular flexibility index (Phi) is 6.22. The van der Waals surface area contributed by atoms with Crippen molar-refractivity contribution in [2.75, 3.05) is 18.4 Å². The first kappa shape index (κ1) is 18.4. The molecule has 1 unspecified atom stereocenters.